The Balaban J connectivity index is 0.000000218. The third-order valence-corrected chi connectivity index (χ3v) is 0.842. The molecular formula is C7H6ClFO2. The standard InChI is InChI=1S/C6H5F.CHClO2/c7-6-4-2-1-3-5-6;2-4-1-3/h1-5H;1H. The normalized spacial score (nSPS) is 7.45. The molecule has 0 saturated heterocycles. The first-order valence-corrected chi connectivity index (χ1v) is 3.03. The highest BCUT2D eigenvalue weighted by molar-refractivity contribution is 6.10. The lowest BCUT2D eigenvalue weighted by Crippen LogP contribution is -1.63. The van der Waals surface area contributed by atoms with Gasteiger partial charge in [0.1, 0.15) is 17.7 Å². The predicted octanol–water partition coefficient (Wildman–Crippen LogP) is 2.14. The van der Waals surface area contributed by atoms with Crippen molar-refractivity contribution in [3.05, 3.63) is 36.1 Å². The number of rotatable bonds is 1. The van der Waals surface area contributed by atoms with E-state index < -0.39 is 0 Å². The number of hydrogen-bond acceptors (Lipinski definition) is 2. The van der Waals surface area contributed by atoms with Gasteiger partial charge in [-0.3, -0.25) is 4.79 Å². The maximum Gasteiger partial charge on any atom is 0.312 e. The lowest BCUT2D eigenvalue weighted by molar-refractivity contribution is -0.120. The smallest absolute Gasteiger partial charge is 0.312 e. The number of carbonyl (C=O) groups excluding carboxylic acids is 1. The zero-order valence-corrected chi connectivity index (χ0v) is 6.29. The van der Waals surface area contributed by atoms with Crippen molar-refractivity contribution in [2.75, 3.05) is 0 Å². The molecular weight excluding hydrogens is 171 g/mol. The van der Waals surface area contributed by atoms with E-state index in [4.69, 9.17) is 4.79 Å². The largest absolute Gasteiger partial charge is 0.350 e. The van der Waals surface area contributed by atoms with Crippen LogP contribution in [0.5, 0.6) is 0 Å². The number of carbonyl (C=O) groups is 1. The van der Waals surface area contributed by atoms with Gasteiger partial charge in [-0.25, -0.2) is 4.39 Å². The SMILES string of the molecule is Fc1ccccc1.O=COCl. The van der Waals surface area contributed by atoms with Gasteiger partial charge < -0.3 is 4.29 Å². The molecule has 0 aliphatic heterocycles. The van der Waals surface area contributed by atoms with E-state index in [1.165, 1.54) is 12.1 Å². The number of hydrogen-bond donors (Lipinski definition) is 0. The summed E-state index contributed by atoms with van der Waals surface area (Å²) in [4.78, 5) is 8.82. The van der Waals surface area contributed by atoms with Crippen LogP contribution in [0.15, 0.2) is 30.3 Å². The summed E-state index contributed by atoms with van der Waals surface area (Å²) in [6.07, 6.45) is 0. The second kappa shape index (κ2) is 7.02. The molecule has 1 aromatic carbocycles. The van der Waals surface area contributed by atoms with Crippen LogP contribution in [0, 0.1) is 5.82 Å². The number of halogens is 2. The van der Waals surface area contributed by atoms with Gasteiger partial charge in [0.2, 0.25) is 0 Å². The molecule has 1 aromatic rings. The van der Waals surface area contributed by atoms with E-state index in [0.717, 1.165) is 0 Å². The first-order valence-electron chi connectivity index (χ1n) is 2.73. The minimum absolute atomic E-state index is 0.140. The van der Waals surface area contributed by atoms with Crippen LogP contribution in [0.1, 0.15) is 0 Å². The average Bonchev–Trinajstić information content (AvgIpc) is 2.07. The second-order valence-electron chi connectivity index (χ2n) is 1.48. The lowest BCUT2D eigenvalue weighted by Gasteiger charge is -1.78. The van der Waals surface area contributed by atoms with E-state index in [9.17, 15) is 4.39 Å². The van der Waals surface area contributed by atoms with Crippen LogP contribution in [-0.2, 0) is 9.08 Å². The Labute approximate surface area is 68.7 Å². The molecule has 2 nitrogen and oxygen atoms in total. The fourth-order valence-corrected chi connectivity index (χ4v) is 0.415. The Hall–Kier alpha value is -1.09. The highest BCUT2D eigenvalue weighted by Gasteiger charge is 1.77. The van der Waals surface area contributed by atoms with Crippen molar-refractivity contribution < 1.29 is 13.5 Å². The average molecular weight is 177 g/mol. The van der Waals surface area contributed by atoms with Crippen molar-refractivity contribution in [1.82, 2.24) is 0 Å². The van der Waals surface area contributed by atoms with Gasteiger partial charge in [0, 0.05) is 0 Å². The molecule has 0 heterocycles. The van der Waals surface area contributed by atoms with Gasteiger partial charge >= 0.3 is 6.47 Å². The molecule has 0 aliphatic rings. The predicted molar refractivity (Wildman–Crippen MR) is 39.4 cm³/mol. The Kier molecular flexibility index (Phi) is 6.33. The number of benzene rings is 1. The topological polar surface area (TPSA) is 26.3 Å². The molecule has 0 atom stereocenters. The second-order valence-corrected chi connectivity index (χ2v) is 1.66. The van der Waals surface area contributed by atoms with E-state index in [0.29, 0.717) is 0 Å². The summed E-state index contributed by atoms with van der Waals surface area (Å²) in [5.74, 6) is -0.178. The van der Waals surface area contributed by atoms with Crippen LogP contribution < -0.4 is 0 Å². The van der Waals surface area contributed by atoms with Gasteiger partial charge in [-0.2, -0.15) is 0 Å². The van der Waals surface area contributed by atoms with Crippen molar-refractivity contribution in [3.63, 3.8) is 0 Å². The zero-order valence-electron chi connectivity index (χ0n) is 5.54. The van der Waals surface area contributed by atoms with Crippen LogP contribution in [0.25, 0.3) is 0 Å². The maximum atomic E-state index is 11.9. The molecule has 0 unspecified atom stereocenters. The van der Waals surface area contributed by atoms with Crippen molar-refractivity contribution in [3.8, 4) is 0 Å². The maximum absolute atomic E-state index is 11.9. The Morgan fingerprint density at radius 2 is 1.82 bits per heavy atom. The summed E-state index contributed by atoms with van der Waals surface area (Å²) in [5, 5.41) is 0. The van der Waals surface area contributed by atoms with Crippen LogP contribution in [0.4, 0.5) is 4.39 Å². The Morgan fingerprint density at radius 3 is 2.00 bits per heavy atom. The molecule has 0 aliphatic carbocycles. The zero-order chi connectivity index (χ0) is 8.53. The van der Waals surface area contributed by atoms with E-state index in [-0.39, 0.29) is 12.3 Å². The Morgan fingerprint density at radius 1 is 1.36 bits per heavy atom. The van der Waals surface area contributed by atoms with Crippen LogP contribution >= 0.6 is 11.9 Å². The fraction of sp³-hybridized carbons (Fsp3) is 0. The molecule has 0 N–H and O–H groups in total. The molecule has 0 amide bonds. The van der Waals surface area contributed by atoms with Crippen LogP contribution in [0.2, 0.25) is 0 Å². The third kappa shape index (κ3) is 6.80. The van der Waals surface area contributed by atoms with Gasteiger partial charge in [-0.1, -0.05) is 18.2 Å². The first kappa shape index (κ1) is 9.91. The van der Waals surface area contributed by atoms with Gasteiger partial charge in [-0.15, -0.1) is 0 Å². The van der Waals surface area contributed by atoms with Crippen molar-refractivity contribution in [1.29, 1.82) is 0 Å². The summed E-state index contributed by atoms with van der Waals surface area (Å²) in [7, 11) is 0. The van der Waals surface area contributed by atoms with E-state index in [1.54, 1.807) is 18.2 Å². The first-order chi connectivity index (χ1) is 5.31. The summed E-state index contributed by atoms with van der Waals surface area (Å²) in [6.45, 7) is 0.140. The molecule has 60 valence electrons. The Bertz CT molecular complexity index is 191. The minimum atomic E-state index is -0.178. The van der Waals surface area contributed by atoms with Gasteiger partial charge in [0.15, 0.2) is 0 Å². The monoisotopic (exact) mass is 176 g/mol. The van der Waals surface area contributed by atoms with Crippen molar-refractivity contribution in [2.24, 2.45) is 0 Å². The summed E-state index contributed by atoms with van der Waals surface area (Å²) < 4.78 is 15.2. The molecule has 0 spiro atoms. The molecule has 1 rings (SSSR count). The fourth-order valence-electron chi connectivity index (χ4n) is 0.415. The summed E-state index contributed by atoms with van der Waals surface area (Å²) in [6, 6.07) is 7.94. The molecule has 0 radical (unpaired) electrons. The summed E-state index contributed by atoms with van der Waals surface area (Å²) in [5.41, 5.74) is 0. The quantitative estimate of drug-likeness (QED) is 0.613. The lowest BCUT2D eigenvalue weighted by atomic mass is 10.4. The van der Waals surface area contributed by atoms with E-state index >= 15 is 0 Å². The van der Waals surface area contributed by atoms with Gasteiger partial charge in [0.05, 0.1) is 0 Å². The van der Waals surface area contributed by atoms with Crippen LogP contribution in [0.3, 0.4) is 0 Å². The minimum Gasteiger partial charge on any atom is -0.350 e. The third-order valence-electron chi connectivity index (χ3n) is 0.769. The summed E-state index contributed by atoms with van der Waals surface area (Å²) >= 11 is 4.32. The van der Waals surface area contributed by atoms with Crippen LogP contribution in [-0.4, -0.2) is 6.47 Å². The van der Waals surface area contributed by atoms with Crippen molar-refractivity contribution in [2.45, 2.75) is 0 Å². The van der Waals surface area contributed by atoms with Gasteiger partial charge in [0.25, 0.3) is 0 Å². The highest BCUT2D eigenvalue weighted by Crippen LogP contribution is 1.91. The van der Waals surface area contributed by atoms with E-state index in [1.807, 2.05) is 0 Å². The highest BCUT2D eigenvalue weighted by atomic mass is 35.5. The molecule has 0 bridgehead atoms. The van der Waals surface area contributed by atoms with Gasteiger partial charge in [-0.05, 0) is 12.1 Å². The molecule has 0 aromatic heterocycles. The molecule has 0 saturated carbocycles. The molecule has 0 fully saturated rings. The van der Waals surface area contributed by atoms with Crippen molar-refractivity contribution >= 4 is 18.3 Å². The molecule has 4 heteroatoms. The van der Waals surface area contributed by atoms with E-state index in [2.05, 4.69) is 16.2 Å². The molecule has 11 heavy (non-hydrogen) atoms.